The number of hydrogen-bond acceptors (Lipinski definition) is 6. The van der Waals surface area contributed by atoms with Gasteiger partial charge in [-0.05, 0) is 6.92 Å². The lowest BCUT2D eigenvalue weighted by Crippen LogP contribution is -2.67. The Balaban J connectivity index is 2.47. The summed E-state index contributed by atoms with van der Waals surface area (Å²) in [6.45, 7) is 1.64. The summed E-state index contributed by atoms with van der Waals surface area (Å²) >= 11 is 5.63. The van der Waals surface area contributed by atoms with Crippen LogP contribution in [0.4, 0.5) is 0 Å². The third-order valence-electron chi connectivity index (χ3n) is 3.94. The Morgan fingerprint density at radius 3 is 2.75 bits per heavy atom. The average Bonchev–Trinajstić information content (AvgIpc) is 2.43. The Hall–Kier alpha value is -1.47. The monoisotopic (exact) mass is 303 g/mol. The summed E-state index contributed by atoms with van der Waals surface area (Å²) in [7, 11) is 0. The Bertz CT molecular complexity index is 492. The SMILES string of the molecule is CCOC(=O)[C@@H]1[C@@H]([N+](=O)[O-])[C@H]2C=C[C@@H]1C(=O)[C@]2(O)CCl. The molecule has 1 N–H and O–H groups in total. The lowest BCUT2D eigenvalue weighted by atomic mass is 9.58. The molecule has 3 rings (SSSR count). The molecule has 0 radical (unpaired) electrons. The van der Waals surface area contributed by atoms with Gasteiger partial charge in [-0.3, -0.25) is 19.7 Å². The van der Waals surface area contributed by atoms with E-state index in [9.17, 15) is 24.8 Å². The Morgan fingerprint density at radius 1 is 1.60 bits per heavy atom. The molecule has 0 spiro atoms. The van der Waals surface area contributed by atoms with Gasteiger partial charge in [0.25, 0.3) is 0 Å². The molecule has 0 aliphatic heterocycles. The number of hydrogen-bond donors (Lipinski definition) is 1. The molecule has 3 aliphatic rings. The fourth-order valence-corrected chi connectivity index (χ4v) is 3.31. The first-order valence-electron chi connectivity index (χ1n) is 6.19. The summed E-state index contributed by atoms with van der Waals surface area (Å²) in [6, 6.07) is -1.41. The van der Waals surface area contributed by atoms with Gasteiger partial charge >= 0.3 is 5.97 Å². The minimum Gasteiger partial charge on any atom is -0.466 e. The van der Waals surface area contributed by atoms with Gasteiger partial charge in [-0.1, -0.05) is 12.2 Å². The zero-order valence-electron chi connectivity index (χ0n) is 10.7. The number of halogens is 1. The van der Waals surface area contributed by atoms with Crippen molar-refractivity contribution in [1.82, 2.24) is 0 Å². The van der Waals surface area contributed by atoms with Crippen LogP contribution in [0.1, 0.15) is 6.92 Å². The van der Waals surface area contributed by atoms with E-state index < -0.39 is 52.0 Å². The molecule has 110 valence electrons. The number of rotatable bonds is 4. The van der Waals surface area contributed by atoms with Gasteiger partial charge < -0.3 is 9.84 Å². The molecule has 3 aliphatic carbocycles. The number of ether oxygens (including phenoxy) is 1. The molecule has 7 nitrogen and oxygen atoms in total. The van der Waals surface area contributed by atoms with Gasteiger partial charge in [0.2, 0.25) is 6.04 Å². The molecule has 0 aromatic carbocycles. The topological polar surface area (TPSA) is 107 Å². The highest BCUT2D eigenvalue weighted by Crippen LogP contribution is 2.46. The van der Waals surface area contributed by atoms with E-state index in [-0.39, 0.29) is 6.61 Å². The van der Waals surface area contributed by atoms with Crippen molar-refractivity contribution in [1.29, 1.82) is 0 Å². The van der Waals surface area contributed by atoms with E-state index >= 15 is 0 Å². The standard InChI is InChI=1S/C12H14ClNO6/c1-2-20-11(16)8-6-3-4-7(9(8)14(18)19)12(17,5-13)10(6)15/h3-4,6-9,17H,2,5H2,1H3/t6-,7+,8-,9-,12-/m0/s1. The Kier molecular flexibility index (Phi) is 3.84. The largest absolute Gasteiger partial charge is 0.466 e. The lowest BCUT2D eigenvalue weighted by Gasteiger charge is -2.46. The van der Waals surface area contributed by atoms with E-state index in [2.05, 4.69) is 0 Å². The second kappa shape index (κ2) is 5.14. The van der Waals surface area contributed by atoms with Gasteiger partial charge in [0.05, 0.1) is 24.3 Å². The van der Waals surface area contributed by atoms with Crippen molar-refractivity contribution in [2.75, 3.05) is 12.5 Å². The molecule has 2 bridgehead atoms. The third-order valence-corrected chi connectivity index (χ3v) is 4.34. The van der Waals surface area contributed by atoms with Crippen LogP contribution in [0.25, 0.3) is 0 Å². The fourth-order valence-electron chi connectivity index (χ4n) is 3.00. The smallest absolute Gasteiger partial charge is 0.317 e. The van der Waals surface area contributed by atoms with Crippen LogP contribution < -0.4 is 0 Å². The van der Waals surface area contributed by atoms with Gasteiger partial charge in [0.15, 0.2) is 5.78 Å². The van der Waals surface area contributed by atoms with Crippen molar-refractivity contribution in [3.05, 3.63) is 22.3 Å². The second-order valence-electron chi connectivity index (χ2n) is 4.91. The van der Waals surface area contributed by atoms with Crippen molar-refractivity contribution in [3.63, 3.8) is 0 Å². The number of ketones is 1. The molecule has 0 aromatic heterocycles. The molecule has 0 saturated heterocycles. The van der Waals surface area contributed by atoms with Crippen molar-refractivity contribution in [2.24, 2.45) is 17.8 Å². The lowest BCUT2D eigenvalue weighted by molar-refractivity contribution is -0.544. The molecule has 0 unspecified atom stereocenters. The van der Waals surface area contributed by atoms with Crippen LogP contribution in [-0.2, 0) is 14.3 Å². The summed E-state index contributed by atoms with van der Waals surface area (Å²) in [5.74, 6) is -5.30. The van der Waals surface area contributed by atoms with Crippen molar-refractivity contribution < 1.29 is 24.4 Å². The number of carbonyl (C=O) groups excluding carboxylic acids is 2. The van der Waals surface area contributed by atoms with Gasteiger partial charge in [-0.15, -0.1) is 11.6 Å². The summed E-state index contributed by atoms with van der Waals surface area (Å²) < 4.78 is 4.82. The summed E-state index contributed by atoms with van der Waals surface area (Å²) in [4.78, 5) is 34.8. The third kappa shape index (κ3) is 1.92. The molecule has 8 heteroatoms. The maximum atomic E-state index is 12.2. The maximum absolute atomic E-state index is 12.2. The minimum absolute atomic E-state index is 0.0643. The quantitative estimate of drug-likeness (QED) is 0.261. The van der Waals surface area contributed by atoms with Crippen LogP contribution in [0.3, 0.4) is 0 Å². The number of nitrogens with zero attached hydrogens (tertiary/aromatic N) is 1. The Labute approximate surface area is 119 Å². The van der Waals surface area contributed by atoms with Crippen LogP contribution in [0.15, 0.2) is 12.2 Å². The summed E-state index contributed by atoms with van der Waals surface area (Å²) in [6.07, 6.45) is 2.83. The maximum Gasteiger partial charge on any atom is 0.317 e. The van der Waals surface area contributed by atoms with Crippen LogP contribution >= 0.6 is 11.6 Å². The molecular weight excluding hydrogens is 290 g/mol. The van der Waals surface area contributed by atoms with E-state index in [1.807, 2.05) is 0 Å². The van der Waals surface area contributed by atoms with Crippen LogP contribution in [0, 0.1) is 27.9 Å². The van der Waals surface area contributed by atoms with E-state index in [0.29, 0.717) is 0 Å². The van der Waals surface area contributed by atoms with E-state index in [4.69, 9.17) is 16.3 Å². The summed E-state index contributed by atoms with van der Waals surface area (Å²) in [5, 5.41) is 21.6. The first-order chi connectivity index (χ1) is 9.38. The fraction of sp³-hybridized carbons (Fsp3) is 0.667. The average molecular weight is 304 g/mol. The molecule has 0 aromatic rings. The molecule has 5 atom stereocenters. The van der Waals surface area contributed by atoms with E-state index in [1.165, 1.54) is 12.2 Å². The number of allylic oxidation sites excluding steroid dienone is 1. The predicted octanol–water partition coefficient (Wildman–Crippen LogP) is 0.166. The highest BCUT2D eigenvalue weighted by molar-refractivity contribution is 6.21. The molecule has 0 heterocycles. The van der Waals surface area contributed by atoms with Crippen LogP contribution in [0.2, 0.25) is 0 Å². The van der Waals surface area contributed by atoms with Crippen LogP contribution in [0.5, 0.6) is 0 Å². The molecule has 1 fully saturated rings. The van der Waals surface area contributed by atoms with Gasteiger partial charge in [0.1, 0.15) is 11.5 Å². The van der Waals surface area contributed by atoms with Gasteiger partial charge in [-0.25, -0.2) is 0 Å². The Morgan fingerprint density at radius 2 is 2.25 bits per heavy atom. The summed E-state index contributed by atoms with van der Waals surface area (Å²) in [5.41, 5.74) is -2.00. The minimum atomic E-state index is -2.00. The number of fused-ring (bicyclic) bond motifs is 2. The number of carbonyl (C=O) groups is 2. The molecule has 0 amide bonds. The normalized spacial score (nSPS) is 38.9. The number of esters is 1. The predicted molar refractivity (Wildman–Crippen MR) is 67.7 cm³/mol. The zero-order chi connectivity index (χ0) is 15.1. The molecule has 1 saturated carbocycles. The highest BCUT2D eigenvalue weighted by atomic mass is 35.5. The van der Waals surface area contributed by atoms with E-state index in [1.54, 1.807) is 6.92 Å². The molecular formula is C12H14ClNO6. The van der Waals surface area contributed by atoms with Crippen LogP contribution in [-0.4, -0.2) is 45.9 Å². The van der Waals surface area contributed by atoms with Gasteiger partial charge in [0, 0.05) is 4.92 Å². The molecule has 20 heavy (non-hydrogen) atoms. The van der Waals surface area contributed by atoms with Crippen molar-refractivity contribution in [2.45, 2.75) is 18.6 Å². The van der Waals surface area contributed by atoms with Crippen molar-refractivity contribution >= 4 is 23.4 Å². The number of Topliss-reactive ketones (excluding diaryl/α,β-unsaturated/α-hetero) is 1. The highest BCUT2D eigenvalue weighted by Gasteiger charge is 2.66. The van der Waals surface area contributed by atoms with E-state index in [0.717, 1.165) is 0 Å². The first kappa shape index (κ1) is 14.9. The number of alkyl halides is 1. The first-order valence-corrected chi connectivity index (χ1v) is 6.73. The second-order valence-corrected chi connectivity index (χ2v) is 5.18. The number of aliphatic hydroxyl groups is 1. The zero-order valence-corrected chi connectivity index (χ0v) is 11.4. The van der Waals surface area contributed by atoms with Crippen molar-refractivity contribution in [3.8, 4) is 0 Å². The van der Waals surface area contributed by atoms with Gasteiger partial charge in [-0.2, -0.15) is 0 Å². The number of nitro groups is 1.